The van der Waals surface area contributed by atoms with Gasteiger partial charge in [-0.05, 0) is 42.7 Å². The molecule has 4 heteroatoms. The average Bonchev–Trinajstić information content (AvgIpc) is 2.73. The molecule has 0 atom stereocenters. The second-order valence-electron chi connectivity index (χ2n) is 7.76. The van der Waals surface area contributed by atoms with E-state index in [1.807, 2.05) is 66.9 Å². The van der Waals surface area contributed by atoms with Crippen LogP contribution in [0.4, 0.5) is 0 Å². The number of hydrogen-bond acceptors (Lipinski definition) is 3. The van der Waals surface area contributed by atoms with Crippen LogP contribution in [-0.4, -0.2) is 24.6 Å². The molecule has 0 aliphatic rings. The number of ketones is 2. The second kappa shape index (κ2) is 8.49. The lowest BCUT2D eigenvalue weighted by Crippen LogP contribution is -2.41. The third-order valence-corrected chi connectivity index (χ3v) is 7.66. The smallest absolute Gasteiger partial charge is 0.159 e. The Morgan fingerprint density at radius 1 is 0.724 bits per heavy atom. The van der Waals surface area contributed by atoms with Crippen LogP contribution < -0.4 is 5.32 Å². The Morgan fingerprint density at radius 3 is 1.55 bits per heavy atom. The van der Waals surface area contributed by atoms with E-state index in [0.717, 1.165) is 22.0 Å². The van der Waals surface area contributed by atoms with E-state index >= 15 is 0 Å². The zero-order valence-electron chi connectivity index (χ0n) is 17.3. The van der Waals surface area contributed by atoms with Crippen LogP contribution in [0, 0.1) is 0 Å². The first-order chi connectivity index (χ1) is 13.8. The number of rotatable bonds is 6. The molecule has 0 unspecified atom stereocenters. The van der Waals surface area contributed by atoms with E-state index in [1.165, 1.54) is 0 Å². The Morgan fingerprint density at radius 2 is 1.17 bits per heavy atom. The third-order valence-electron chi connectivity index (χ3n) is 5.04. The number of Topliss-reactive ketones (excluding diaryl/α,β-unsaturated/α-hetero) is 2. The van der Waals surface area contributed by atoms with Gasteiger partial charge in [-0.25, -0.2) is 0 Å². The predicted octanol–water partition coefficient (Wildman–Crippen LogP) is 5.07. The Balaban J connectivity index is 2.13. The van der Waals surface area contributed by atoms with Crippen molar-refractivity contribution in [3.05, 3.63) is 101 Å². The Bertz CT molecular complexity index is 991. The summed E-state index contributed by atoms with van der Waals surface area (Å²) in [5, 5.41) is 1.11. The molecule has 0 aliphatic heterocycles. The molecule has 3 rings (SSSR count). The fraction of sp³-hybridized carbons (Fsp3) is 0.160. The minimum Gasteiger partial charge on any atom is -0.295 e. The fourth-order valence-electron chi connectivity index (χ4n) is 3.28. The summed E-state index contributed by atoms with van der Waals surface area (Å²) < 4.78 is 0. The molecule has 0 bridgehead atoms. The first-order valence-electron chi connectivity index (χ1n) is 9.65. The molecule has 0 saturated carbocycles. The molecular weight excluding hydrogens is 374 g/mol. The number of nitrogens with zero attached hydrogens (tertiary/aromatic N) is 1. The first-order valence-corrected chi connectivity index (χ1v) is 12.7. The Labute approximate surface area is 173 Å². The van der Waals surface area contributed by atoms with Gasteiger partial charge in [0.1, 0.15) is 8.07 Å². The molecule has 0 radical (unpaired) electrons. The van der Waals surface area contributed by atoms with Gasteiger partial charge in [-0.15, -0.1) is 0 Å². The van der Waals surface area contributed by atoms with Gasteiger partial charge in [0.2, 0.25) is 0 Å². The highest BCUT2D eigenvalue weighted by Crippen LogP contribution is 2.27. The SMILES string of the molecule is CC(=O)c1ccc(C(=C[Si](C)(C)c2ccccn2)c2ccc(C(C)=O)cc2)cc1. The van der Waals surface area contributed by atoms with Crippen molar-refractivity contribution < 1.29 is 9.59 Å². The van der Waals surface area contributed by atoms with E-state index in [1.54, 1.807) is 13.8 Å². The van der Waals surface area contributed by atoms with Crippen molar-refractivity contribution in [2.24, 2.45) is 0 Å². The molecule has 0 aliphatic carbocycles. The molecular formula is C25H25NO2Si. The van der Waals surface area contributed by atoms with Gasteiger partial charge in [-0.1, -0.05) is 73.4 Å². The minimum atomic E-state index is -1.99. The number of carbonyl (C=O) groups excluding carboxylic acids is 2. The molecule has 3 aromatic rings. The van der Waals surface area contributed by atoms with Crippen molar-refractivity contribution in [2.75, 3.05) is 0 Å². The summed E-state index contributed by atoms with van der Waals surface area (Å²) in [6.07, 6.45) is 1.83. The largest absolute Gasteiger partial charge is 0.295 e. The predicted molar refractivity (Wildman–Crippen MR) is 121 cm³/mol. The second-order valence-corrected chi connectivity index (χ2v) is 12.0. The van der Waals surface area contributed by atoms with Gasteiger partial charge in [0.25, 0.3) is 0 Å². The summed E-state index contributed by atoms with van der Waals surface area (Å²) in [5.74, 6) is 0.104. The van der Waals surface area contributed by atoms with E-state index in [0.29, 0.717) is 11.1 Å². The zero-order valence-corrected chi connectivity index (χ0v) is 18.3. The van der Waals surface area contributed by atoms with E-state index in [-0.39, 0.29) is 11.6 Å². The van der Waals surface area contributed by atoms with E-state index in [2.05, 4.69) is 29.8 Å². The van der Waals surface area contributed by atoms with Gasteiger partial charge in [-0.3, -0.25) is 14.6 Å². The highest BCUT2D eigenvalue weighted by Gasteiger charge is 2.24. The molecule has 1 aromatic heterocycles. The molecule has 2 aromatic carbocycles. The highest BCUT2D eigenvalue weighted by atomic mass is 28.3. The minimum absolute atomic E-state index is 0.0519. The van der Waals surface area contributed by atoms with Crippen LogP contribution in [0.3, 0.4) is 0 Å². The van der Waals surface area contributed by atoms with Gasteiger partial charge in [0, 0.05) is 22.6 Å². The van der Waals surface area contributed by atoms with Gasteiger partial charge >= 0.3 is 0 Å². The van der Waals surface area contributed by atoms with E-state index in [9.17, 15) is 9.59 Å². The lowest BCUT2D eigenvalue weighted by Gasteiger charge is -2.20. The summed E-state index contributed by atoms with van der Waals surface area (Å²) in [4.78, 5) is 27.9. The lowest BCUT2D eigenvalue weighted by molar-refractivity contribution is 0.100. The van der Waals surface area contributed by atoms with Crippen molar-refractivity contribution in [1.29, 1.82) is 0 Å². The van der Waals surface area contributed by atoms with Gasteiger partial charge in [0.15, 0.2) is 11.6 Å². The fourth-order valence-corrected chi connectivity index (χ4v) is 5.42. The molecule has 1 heterocycles. The third kappa shape index (κ3) is 4.84. The number of hydrogen-bond donors (Lipinski definition) is 0. The maximum Gasteiger partial charge on any atom is 0.159 e. The number of aromatic nitrogens is 1. The topological polar surface area (TPSA) is 47.0 Å². The molecule has 0 saturated heterocycles. The van der Waals surface area contributed by atoms with Crippen molar-refractivity contribution >= 4 is 30.5 Å². The van der Waals surface area contributed by atoms with Crippen LogP contribution in [0.25, 0.3) is 5.57 Å². The van der Waals surface area contributed by atoms with E-state index < -0.39 is 8.07 Å². The van der Waals surface area contributed by atoms with Crippen LogP contribution in [0.1, 0.15) is 45.7 Å². The molecule has 0 spiro atoms. The highest BCUT2D eigenvalue weighted by molar-refractivity contribution is 6.94. The van der Waals surface area contributed by atoms with Crippen LogP contribution in [0.2, 0.25) is 13.1 Å². The Kier molecular flexibility index (Phi) is 6.04. The number of pyridine rings is 1. The number of benzene rings is 2. The van der Waals surface area contributed by atoms with Crippen molar-refractivity contribution in [1.82, 2.24) is 4.98 Å². The van der Waals surface area contributed by atoms with Crippen LogP contribution >= 0.6 is 0 Å². The van der Waals surface area contributed by atoms with E-state index in [4.69, 9.17) is 0 Å². The van der Waals surface area contributed by atoms with Gasteiger partial charge in [-0.2, -0.15) is 0 Å². The average molecular weight is 400 g/mol. The summed E-state index contributed by atoms with van der Waals surface area (Å²) in [6.45, 7) is 7.68. The Hall–Kier alpha value is -3.11. The molecule has 146 valence electrons. The molecule has 0 amide bonds. The molecule has 29 heavy (non-hydrogen) atoms. The summed E-state index contributed by atoms with van der Waals surface area (Å²) in [6, 6.07) is 21.5. The molecule has 0 fully saturated rings. The maximum atomic E-state index is 11.7. The van der Waals surface area contributed by atoms with Crippen molar-refractivity contribution in [3.63, 3.8) is 0 Å². The maximum absolute atomic E-state index is 11.7. The van der Waals surface area contributed by atoms with Crippen LogP contribution in [0.5, 0.6) is 0 Å². The van der Waals surface area contributed by atoms with Crippen LogP contribution in [0.15, 0.2) is 78.6 Å². The molecule has 0 N–H and O–H groups in total. The lowest BCUT2D eigenvalue weighted by atomic mass is 9.96. The first kappa shape index (κ1) is 20.6. The van der Waals surface area contributed by atoms with Gasteiger partial charge in [0.05, 0.1) is 0 Å². The normalized spacial score (nSPS) is 11.0. The summed E-state index contributed by atoms with van der Waals surface area (Å²) in [7, 11) is -1.99. The van der Waals surface area contributed by atoms with Gasteiger partial charge < -0.3 is 0 Å². The summed E-state index contributed by atoms with van der Waals surface area (Å²) >= 11 is 0. The summed E-state index contributed by atoms with van der Waals surface area (Å²) in [5.41, 5.74) is 6.91. The number of carbonyl (C=O) groups is 2. The zero-order chi connectivity index (χ0) is 21.0. The molecule has 3 nitrogen and oxygen atoms in total. The standard InChI is InChI=1S/C25H25NO2Si/c1-18(27)20-8-12-22(13-9-20)24(23-14-10-21(11-15-23)19(2)28)17-29(3,4)25-7-5-6-16-26-25/h5-17H,1-4H3. The van der Waals surface area contributed by atoms with Crippen molar-refractivity contribution in [2.45, 2.75) is 26.9 Å². The van der Waals surface area contributed by atoms with Crippen molar-refractivity contribution in [3.8, 4) is 0 Å². The quantitative estimate of drug-likeness (QED) is 0.429. The van der Waals surface area contributed by atoms with Crippen LogP contribution in [-0.2, 0) is 0 Å². The monoisotopic (exact) mass is 399 g/mol.